The highest BCUT2D eigenvalue weighted by molar-refractivity contribution is 5.59. The van der Waals surface area contributed by atoms with Crippen molar-refractivity contribution in [2.45, 2.75) is 52.0 Å². The standard InChI is InChI=1S/C15H24N2/c1-3-12-6-4-5-7-14(12)17-15-10-13(16)9-8-11(15)2/h8-10,12,14,17H,3-7,16H2,1-2H3. The van der Waals surface area contributed by atoms with Gasteiger partial charge in [-0.1, -0.05) is 32.3 Å². The van der Waals surface area contributed by atoms with Crippen LogP contribution in [0.4, 0.5) is 11.4 Å². The lowest BCUT2D eigenvalue weighted by atomic mass is 9.82. The van der Waals surface area contributed by atoms with E-state index in [0.29, 0.717) is 6.04 Å². The number of nitrogens with one attached hydrogen (secondary N) is 1. The van der Waals surface area contributed by atoms with Crippen molar-refractivity contribution in [1.29, 1.82) is 0 Å². The second kappa shape index (κ2) is 5.44. The summed E-state index contributed by atoms with van der Waals surface area (Å²) in [4.78, 5) is 0. The fourth-order valence-electron chi connectivity index (χ4n) is 2.88. The Bertz CT molecular complexity index is 373. The smallest absolute Gasteiger partial charge is 0.0392 e. The minimum absolute atomic E-state index is 0.634. The van der Waals surface area contributed by atoms with E-state index >= 15 is 0 Å². The zero-order valence-corrected chi connectivity index (χ0v) is 11.0. The number of nitrogen functional groups attached to an aromatic ring is 1. The van der Waals surface area contributed by atoms with Crippen molar-refractivity contribution in [2.24, 2.45) is 5.92 Å². The van der Waals surface area contributed by atoms with Gasteiger partial charge in [-0.15, -0.1) is 0 Å². The van der Waals surface area contributed by atoms with Gasteiger partial charge in [0.1, 0.15) is 0 Å². The second-order valence-electron chi connectivity index (χ2n) is 5.28. The Labute approximate surface area is 105 Å². The third-order valence-electron chi connectivity index (χ3n) is 4.04. The molecule has 0 radical (unpaired) electrons. The maximum Gasteiger partial charge on any atom is 0.0392 e. The molecule has 1 fully saturated rings. The summed E-state index contributed by atoms with van der Waals surface area (Å²) in [6.07, 6.45) is 6.70. The number of benzene rings is 1. The van der Waals surface area contributed by atoms with Gasteiger partial charge in [-0.3, -0.25) is 0 Å². The Hall–Kier alpha value is -1.18. The third-order valence-corrected chi connectivity index (χ3v) is 4.04. The highest BCUT2D eigenvalue weighted by atomic mass is 14.9. The van der Waals surface area contributed by atoms with Gasteiger partial charge in [0.2, 0.25) is 0 Å². The summed E-state index contributed by atoms with van der Waals surface area (Å²) in [5.41, 5.74) is 9.22. The molecule has 94 valence electrons. The molecular formula is C15H24N2. The minimum atomic E-state index is 0.634. The van der Waals surface area contributed by atoms with Gasteiger partial charge in [0.05, 0.1) is 0 Å². The predicted octanol–water partition coefficient (Wildman–Crippen LogP) is 3.96. The Balaban J connectivity index is 2.10. The van der Waals surface area contributed by atoms with Crippen LogP contribution >= 0.6 is 0 Å². The molecule has 0 amide bonds. The molecule has 2 unspecified atom stereocenters. The molecule has 2 rings (SSSR count). The van der Waals surface area contributed by atoms with Crippen LogP contribution in [0.25, 0.3) is 0 Å². The number of hydrogen-bond donors (Lipinski definition) is 2. The van der Waals surface area contributed by atoms with E-state index in [4.69, 9.17) is 5.73 Å². The minimum Gasteiger partial charge on any atom is -0.399 e. The molecule has 0 bridgehead atoms. The maximum absolute atomic E-state index is 5.86. The van der Waals surface area contributed by atoms with E-state index in [2.05, 4.69) is 31.3 Å². The van der Waals surface area contributed by atoms with E-state index < -0.39 is 0 Å². The van der Waals surface area contributed by atoms with Gasteiger partial charge in [-0.05, 0) is 43.4 Å². The van der Waals surface area contributed by atoms with Gasteiger partial charge >= 0.3 is 0 Å². The fourth-order valence-corrected chi connectivity index (χ4v) is 2.88. The van der Waals surface area contributed by atoms with Gasteiger partial charge in [0, 0.05) is 17.4 Å². The van der Waals surface area contributed by atoms with Crippen molar-refractivity contribution in [3.63, 3.8) is 0 Å². The highest BCUT2D eigenvalue weighted by Gasteiger charge is 2.23. The number of aryl methyl sites for hydroxylation is 1. The largest absolute Gasteiger partial charge is 0.399 e. The molecule has 1 aromatic carbocycles. The average Bonchev–Trinajstić information content (AvgIpc) is 2.34. The van der Waals surface area contributed by atoms with E-state index in [1.165, 1.54) is 43.4 Å². The van der Waals surface area contributed by atoms with Crippen molar-refractivity contribution >= 4 is 11.4 Å². The van der Waals surface area contributed by atoms with Crippen LogP contribution in [-0.2, 0) is 0 Å². The predicted molar refractivity (Wildman–Crippen MR) is 75.3 cm³/mol. The molecule has 2 heteroatoms. The Morgan fingerprint density at radius 1 is 1.29 bits per heavy atom. The van der Waals surface area contributed by atoms with Gasteiger partial charge in [0.15, 0.2) is 0 Å². The van der Waals surface area contributed by atoms with Crippen LogP contribution in [-0.4, -0.2) is 6.04 Å². The summed E-state index contributed by atoms with van der Waals surface area (Å²) in [6, 6.07) is 6.77. The van der Waals surface area contributed by atoms with E-state index in [1.807, 2.05) is 6.07 Å². The molecule has 1 aliphatic rings. The van der Waals surface area contributed by atoms with E-state index in [-0.39, 0.29) is 0 Å². The van der Waals surface area contributed by atoms with Crippen LogP contribution in [0.15, 0.2) is 18.2 Å². The van der Waals surface area contributed by atoms with Crippen LogP contribution < -0.4 is 11.1 Å². The first-order valence-electron chi connectivity index (χ1n) is 6.83. The Morgan fingerprint density at radius 2 is 2.06 bits per heavy atom. The molecule has 2 atom stereocenters. The highest BCUT2D eigenvalue weighted by Crippen LogP contribution is 2.30. The Morgan fingerprint density at radius 3 is 2.82 bits per heavy atom. The first-order valence-corrected chi connectivity index (χ1v) is 6.83. The van der Waals surface area contributed by atoms with E-state index in [1.54, 1.807) is 0 Å². The van der Waals surface area contributed by atoms with Gasteiger partial charge < -0.3 is 11.1 Å². The van der Waals surface area contributed by atoms with Gasteiger partial charge in [-0.2, -0.15) is 0 Å². The quantitative estimate of drug-likeness (QED) is 0.774. The molecule has 3 N–H and O–H groups in total. The number of nitrogens with two attached hydrogens (primary N) is 1. The molecular weight excluding hydrogens is 208 g/mol. The summed E-state index contributed by atoms with van der Waals surface area (Å²) in [5, 5.41) is 3.71. The molecule has 1 saturated carbocycles. The molecule has 0 heterocycles. The monoisotopic (exact) mass is 232 g/mol. The average molecular weight is 232 g/mol. The summed E-state index contributed by atoms with van der Waals surface area (Å²) in [5.74, 6) is 0.824. The number of hydrogen-bond acceptors (Lipinski definition) is 2. The van der Waals surface area contributed by atoms with Crippen LogP contribution in [0.1, 0.15) is 44.6 Å². The number of anilines is 2. The normalized spacial score (nSPS) is 24.6. The van der Waals surface area contributed by atoms with Crippen molar-refractivity contribution in [3.8, 4) is 0 Å². The SMILES string of the molecule is CCC1CCCCC1Nc1cc(N)ccc1C. The first-order chi connectivity index (χ1) is 8.20. The lowest BCUT2D eigenvalue weighted by Gasteiger charge is -2.32. The maximum atomic E-state index is 5.86. The van der Waals surface area contributed by atoms with Gasteiger partial charge in [0.25, 0.3) is 0 Å². The molecule has 0 spiro atoms. The van der Waals surface area contributed by atoms with Crippen LogP contribution in [0.3, 0.4) is 0 Å². The van der Waals surface area contributed by atoms with Gasteiger partial charge in [-0.25, -0.2) is 0 Å². The molecule has 1 aromatic rings. The zero-order valence-electron chi connectivity index (χ0n) is 11.0. The van der Waals surface area contributed by atoms with E-state index in [9.17, 15) is 0 Å². The zero-order chi connectivity index (χ0) is 12.3. The van der Waals surface area contributed by atoms with Crippen molar-refractivity contribution < 1.29 is 0 Å². The molecule has 0 aromatic heterocycles. The van der Waals surface area contributed by atoms with E-state index in [0.717, 1.165) is 11.6 Å². The van der Waals surface area contributed by atoms with Crippen molar-refractivity contribution in [3.05, 3.63) is 23.8 Å². The molecule has 2 nitrogen and oxygen atoms in total. The summed E-state index contributed by atoms with van der Waals surface area (Å²) in [7, 11) is 0. The Kier molecular flexibility index (Phi) is 3.93. The lowest BCUT2D eigenvalue weighted by molar-refractivity contribution is 0.317. The fraction of sp³-hybridized carbons (Fsp3) is 0.600. The number of rotatable bonds is 3. The molecule has 0 saturated heterocycles. The third kappa shape index (κ3) is 2.93. The molecule has 0 aliphatic heterocycles. The van der Waals surface area contributed by atoms with Crippen LogP contribution in [0.2, 0.25) is 0 Å². The second-order valence-corrected chi connectivity index (χ2v) is 5.28. The molecule has 17 heavy (non-hydrogen) atoms. The summed E-state index contributed by atoms with van der Waals surface area (Å²) >= 11 is 0. The van der Waals surface area contributed by atoms with Crippen LogP contribution in [0.5, 0.6) is 0 Å². The lowest BCUT2D eigenvalue weighted by Crippen LogP contribution is -2.32. The summed E-state index contributed by atoms with van der Waals surface area (Å²) in [6.45, 7) is 4.45. The van der Waals surface area contributed by atoms with Crippen molar-refractivity contribution in [1.82, 2.24) is 0 Å². The summed E-state index contributed by atoms with van der Waals surface area (Å²) < 4.78 is 0. The first kappa shape index (κ1) is 12.3. The topological polar surface area (TPSA) is 38.0 Å². The molecule has 1 aliphatic carbocycles. The van der Waals surface area contributed by atoms with Crippen LogP contribution in [0, 0.1) is 12.8 Å². The van der Waals surface area contributed by atoms with Crippen molar-refractivity contribution in [2.75, 3.05) is 11.1 Å².